The molecular formula is C26H27F3N4O2. The van der Waals surface area contributed by atoms with Crippen molar-refractivity contribution in [3.05, 3.63) is 71.9 Å². The van der Waals surface area contributed by atoms with E-state index in [-0.39, 0.29) is 11.7 Å². The zero-order valence-electron chi connectivity index (χ0n) is 19.6. The molecule has 1 aliphatic rings. The summed E-state index contributed by atoms with van der Waals surface area (Å²) in [5.41, 5.74) is 3.36. The summed E-state index contributed by atoms with van der Waals surface area (Å²) in [4.78, 5) is 21.9. The number of likely N-dealkylation sites (N-methyl/N-ethyl adjacent to an activating group) is 1. The first-order valence-electron chi connectivity index (χ1n) is 11.4. The van der Waals surface area contributed by atoms with E-state index in [1.807, 2.05) is 19.1 Å². The number of hydrogen-bond acceptors (Lipinski definition) is 5. The molecule has 184 valence electrons. The van der Waals surface area contributed by atoms with Crippen molar-refractivity contribution < 1.29 is 22.7 Å². The lowest BCUT2D eigenvalue weighted by Crippen LogP contribution is -2.29. The SMILES string of the molecule is Cc1c(NC(=O)c2ccc(N3CCCN(C)CC3)nc2)cccc1-c1ccc(OC(F)(F)F)cc1. The zero-order valence-corrected chi connectivity index (χ0v) is 19.6. The van der Waals surface area contributed by atoms with Crippen LogP contribution in [0, 0.1) is 6.92 Å². The van der Waals surface area contributed by atoms with Gasteiger partial charge in [-0.25, -0.2) is 4.98 Å². The van der Waals surface area contributed by atoms with E-state index in [1.54, 1.807) is 36.5 Å². The predicted molar refractivity (Wildman–Crippen MR) is 130 cm³/mol. The third-order valence-electron chi connectivity index (χ3n) is 6.03. The summed E-state index contributed by atoms with van der Waals surface area (Å²) < 4.78 is 41.2. The minimum atomic E-state index is -4.74. The van der Waals surface area contributed by atoms with Gasteiger partial charge in [-0.15, -0.1) is 13.2 Å². The second kappa shape index (κ2) is 10.4. The molecule has 4 rings (SSSR count). The van der Waals surface area contributed by atoms with Gasteiger partial charge in [0.1, 0.15) is 11.6 Å². The summed E-state index contributed by atoms with van der Waals surface area (Å²) in [5.74, 6) is 0.285. The van der Waals surface area contributed by atoms with E-state index in [4.69, 9.17) is 0 Å². The number of nitrogens with one attached hydrogen (secondary N) is 1. The van der Waals surface area contributed by atoms with Crippen molar-refractivity contribution in [1.82, 2.24) is 9.88 Å². The largest absolute Gasteiger partial charge is 0.573 e. The Morgan fingerprint density at radius 3 is 2.46 bits per heavy atom. The molecule has 2 heterocycles. The molecule has 0 saturated carbocycles. The number of aromatic nitrogens is 1. The van der Waals surface area contributed by atoms with E-state index >= 15 is 0 Å². The van der Waals surface area contributed by atoms with Crippen molar-refractivity contribution in [3.8, 4) is 16.9 Å². The van der Waals surface area contributed by atoms with Crippen LogP contribution in [0.15, 0.2) is 60.8 Å². The van der Waals surface area contributed by atoms with Gasteiger partial charge in [-0.2, -0.15) is 0 Å². The minimum Gasteiger partial charge on any atom is -0.406 e. The van der Waals surface area contributed by atoms with Crippen LogP contribution in [0.5, 0.6) is 5.75 Å². The van der Waals surface area contributed by atoms with Gasteiger partial charge in [0.05, 0.1) is 5.56 Å². The van der Waals surface area contributed by atoms with Gasteiger partial charge in [-0.3, -0.25) is 4.79 Å². The maximum Gasteiger partial charge on any atom is 0.573 e. The average molecular weight is 485 g/mol. The molecule has 9 heteroatoms. The van der Waals surface area contributed by atoms with Crippen LogP contribution in [-0.4, -0.2) is 55.4 Å². The van der Waals surface area contributed by atoms with Crippen molar-refractivity contribution in [2.45, 2.75) is 19.7 Å². The molecule has 0 spiro atoms. The molecule has 2 aromatic carbocycles. The van der Waals surface area contributed by atoms with Crippen molar-refractivity contribution >= 4 is 17.4 Å². The van der Waals surface area contributed by atoms with E-state index in [0.717, 1.165) is 49.5 Å². The van der Waals surface area contributed by atoms with Gasteiger partial charge < -0.3 is 19.9 Å². The predicted octanol–water partition coefficient (Wildman–Crippen LogP) is 5.35. The average Bonchev–Trinajstić information content (AvgIpc) is 3.04. The van der Waals surface area contributed by atoms with E-state index in [0.29, 0.717) is 16.8 Å². The molecule has 0 radical (unpaired) electrons. The number of anilines is 2. The highest BCUT2D eigenvalue weighted by Crippen LogP contribution is 2.31. The van der Waals surface area contributed by atoms with E-state index in [2.05, 4.69) is 31.9 Å². The van der Waals surface area contributed by atoms with Gasteiger partial charge in [0.15, 0.2) is 0 Å². The molecule has 1 aliphatic heterocycles. The first-order chi connectivity index (χ1) is 16.7. The highest BCUT2D eigenvalue weighted by molar-refractivity contribution is 6.05. The molecule has 3 aromatic rings. The number of amides is 1. The van der Waals surface area contributed by atoms with Crippen molar-refractivity contribution in [2.24, 2.45) is 0 Å². The molecule has 0 aliphatic carbocycles. The van der Waals surface area contributed by atoms with Gasteiger partial charge in [-0.05, 0) is 74.0 Å². The van der Waals surface area contributed by atoms with Gasteiger partial charge in [0.2, 0.25) is 0 Å². The lowest BCUT2D eigenvalue weighted by Gasteiger charge is -2.21. The van der Waals surface area contributed by atoms with E-state index in [1.165, 1.54) is 12.1 Å². The molecule has 0 unspecified atom stereocenters. The number of carbonyl (C=O) groups excluding carboxylic acids is 1. The summed E-state index contributed by atoms with van der Waals surface area (Å²) >= 11 is 0. The van der Waals surface area contributed by atoms with Gasteiger partial charge in [-0.1, -0.05) is 24.3 Å². The number of pyridine rings is 1. The summed E-state index contributed by atoms with van der Waals surface area (Å²) in [7, 11) is 2.11. The number of carbonyl (C=O) groups is 1. The van der Waals surface area contributed by atoms with Crippen LogP contribution in [0.3, 0.4) is 0 Å². The Labute approximate surface area is 202 Å². The van der Waals surface area contributed by atoms with E-state index < -0.39 is 6.36 Å². The van der Waals surface area contributed by atoms with Gasteiger partial charge in [0, 0.05) is 31.5 Å². The molecule has 0 bridgehead atoms. The molecular weight excluding hydrogens is 457 g/mol. The molecule has 35 heavy (non-hydrogen) atoms. The number of nitrogens with zero attached hydrogens (tertiary/aromatic N) is 3. The summed E-state index contributed by atoms with van der Waals surface area (Å²) in [6.07, 6.45) is -2.09. The van der Waals surface area contributed by atoms with Crippen LogP contribution in [0.1, 0.15) is 22.3 Å². The maximum absolute atomic E-state index is 12.9. The number of alkyl halides is 3. The first-order valence-corrected chi connectivity index (χ1v) is 11.4. The van der Waals surface area contributed by atoms with Gasteiger partial charge >= 0.3 is 6.36 Å². The highest BCUT2D eigenvalue weighted by Gasteiger charge is 2.31. The van der Waals surface area contributed by atoms with Crippen molar-refractivity contribution in [3.63, 3.8) is 0 Å². The molecule has 1 aromatic heterocycles. The topological polar surface area (TPSA) is 57.7 Å². The fourth-order valence-electron chi connectivity index (χ4n) is 4.10. The van der Waals surface area contributed by atoms with Crippen molar-refractivity contribution in [1.29, 1.82) is 0 Å². The number of hydrogen-bond donors (Lipinski definition) is 1. The number of rotatable bonds is 5. The van der Waals surface area contributed by atoms with Crippen LogP contribution >= 0.6 is 0 Å². The lowest BCUT2D eigenvalue weighted by molar-refractivity contribution is -0.274. The third-order valence-corrected chi connectivity index (χ3v) is 6.03. The second-order valence-electron chi connectivity index (χ2n) is 8.55. The molecule has 1 saturated heterocycles. The normalized spacial score (nSPS) is 14.9. The van der Waals surface area contributed by atoms with E-state index in [9.17, 15) is 18.0 Å². The lowest BCUT2D eigenvalue weighted by atomic mass is 9.99. The standard InChI is InChI=1S/C26H27F3N4O2/c1-18-22(19-7-10-21(11-8-19)35-26(27,28)29)5-3-6-23(18)31-25(34)20-9-12-24(30-17-20)33-14-4-13-32(2)15-16-33/h3,5-12,17H,4,13-16H2,1-2H3,(H,31,34). The fraction of sp³-hybridized carbons (Fsp3) is 0.308. The van der Waals surface area contributed by atoms with Crippen LogP contribution in [0.4, 0.5) is 24.7 Å². The molecule has 1 fully saturated rings. The maximum atomic E-state index is 12.9. The van der Waals surface area contributed by atoms with Crippen LogP contribution in [0.2, 0.25) is 0 Å². The van der Waals surface area contributed by atoms with Crippen LogP contribution < -0.4 is 15.0 Å². The molecule has 0 atom stereocenters. The van der Waals surface area contributed by atoms with Gasteiger partial charge in [0.25, 0.3) is 5.91 Å². The Bertz CT molecular complexity index is 1160. The quantitative estimate of drug-likeness (QED) is 0.529. The summed E-state index contributed by atoms with van der Waals surface area (Å²) in [5, 5.41) is 2.92. The number of benzene rings is 2. The Hall–Kier alpha value is -3.59. The molecule has 1 N–H and O–H groups in total. The number of ether oxygens (including phenoxy) is 1. The monoisotopic (exact) mass is 484 g/mol. The first kappa shape index (κ1) is 24.5. The summed E-state index contributed by atoms with van der Waals surface area (Å²) in [6, 6.07) is 14.7. The third kappa shape index (κ3) is 6.30. The summed E-state index contributed by atoms with van der Waals surface area (Å²) in [6.45, 7) is 5.70. The van der Waals surface area contributed by atoms with Crippen molar-refractivity contribution in [2.75, 3.05) is 43.4 Å². The Morgan fingerprint density at radius 1 is 1.00 bits per heavy atom. The zero-order chi connectivity index (χ0) is 25.0. The number of halogens is 3. The Balaban J connectivity index is 1.46. The Morgan fingerprint density at radius 2 is 1.77 bits per heavy atom. The Kier molecular flexibility index (Phi) is 7.25. The fourth-order valence-corrected chi connectivity index (χ4v) is 4.10. The smallest absolute Gasteiger partial charge is 0.406 e. The highest BCUT2D eigenvalue weighted by atomic mass is 19.4. The van der Waals surface area contributed by atoms with Crippen LogP contribution in [-0.2, 0) is 0 Å². The van der Waals surface area contributed by atoms with Crippen LogP contribution in [0.25, 0.3) is 11.1 Å². The molecule has 6 nitrogen and oxygen atoms in total. The second-order valence-corrected chi connectivity index (χ2v) is 8.55. The minimum absolute atomic E-state index is 0.283. The molecule has 1 amide bonds.